The van der Waals surface area contributed by atoms with Gasteiger partial charge in [0.25, 0.3) is 0 Å². The minimum atomic E-state index is -3.66. The maximum absolute atomic E-state index is 12.7. The number of aromatic amines is 1. The number of sulfonamides is 1. The summed E-state index contributed by atoms with van der Waals surface area (Å²) in [6.45, 7) is 2.64. The first-order valence-electron chi connectivity index (χ1n) is 7.46. The number of nitrogens with one attached hydrogen (secondary N) is 1. The molecule has 0 bridgehead atoms. The summed E-state index contributed by atoms with van der Waals surface area (Å²) in [7, 11) is -3.66. The quantitative estimate of drug-likeness (QED) is 0.838. The van der Waals surface area contributed by atoms with E-state index in [1.165, 1.54) is 16.4 Å². The molecule has 0 aliphatic carbocycles. The van der Waals surface area contributed by atoms with Gasteiger partial charge in [0.1, 0.15) is 5.75 Å². The van der Waals surface area contributed by atoms with Gasteiger partial charge in [-0.3, -0.25) is 5.10 Å². The van der Waals surface area contributed by atoms with Crippen molar-refractivity contribution in [2.45, 2.75) is 24.8 Å². The predicted octanol–water partition coefficient (Wildman–Crippen LogP) is 1.25. The summed E-state index contributed by atoms with van der Waals surface area (Å²) < 4.78 is 32.1. The van der Waals surface area contributed by atoms with Crippen LogP contribution in [0.1, 0.15) is 28.7 Å². The zero-order valence-corrected chi connectivity index (χ0v) is 13.8. The van der Waals surface area contributed by atoms with Crippen molar-refractivity contribution in [1.29, 1.82) is 0 Å². The van der Waals surface area contributed by atoms with Crippen LogP contribution in [0.4, 0.5) is 0 Å². The highest BCUT2D eigenvalue weighted by molar-refractivity contribution is 7.89. The molecule has 0 saturated carbocycles. The van der Waals surface area contributed by atoms with Gasteiger partial charge in [-0.15, -0.1) is 0 Å². The molecule has 2 aromatic rings. The van der Waals surface area contributed by atoms with Crippen LogP contribution in [0, 0.1) is 0 Å². The molecule has 8 nitrogen and oxygen atoms in total. The van der Waals surface area contributed by atoms with Gasteiger partial charge in [-0.05, 0) is 37.6 Å². The highest BCUT2D eigenvalue weighted by Gasteiger charge is 2.32. The van der Waals surface area contributed by atoms with E-state index in [1.807, 2.05) is 6.92 Å². The molecule has 0 radical (unpaired) electrons. The van der Waals surface area contributed by atoms with Crippen molar-refractivity contribution in [2.75, 3.05) is 13.2 Å². The van der Waals surface area contributed by atoms with Crippen LogP contribution >= 0.6 is 0 Å². The molecular weight excluding hydrogens is 334 g/mol. The molecule has 128 valence electrons. The zero-order chi connectivity index (χ0) is 17.3. The van der Waals surface area contributed by atoms with Crippen LogP contribution in [0.2, 0.25) is 0 Å². The van der Waals surface area contributed by atoms with Crippen molar-refractivity contribution in [1.82, 2.24) is 14.5 Å². The molecule has 0 unspecified atom stereocenters. The molecule has 0 fully saturated rings. The number of carboxylic acids is 1. The average molecular weight is 351 g/mol. The molecule has 1 aromatic heterocycles. The van der Waals surface area contributed by atoms with E-state index in [2.05, 4.69) is 10.2 Å². The number of H-pyrrole nitrogens is 1. The fraction of sp³-hybridized carbons (Fsp3) is 0.333. The third kappa shape index (κ3) is 2.87. The Morgan fingerprint density at radius 1 is 1.38 bits per heavy atom. The van der Waals surface area contributed by atoms with Crippen molar-refractivity contribution in [3.63, 3.8) is 0 Å². The van der Waals surface area contributed by atoms with Gasteiger partial charge in [0.05, 0.1) is 23.7 Å². The van der Waals surface area contributed by atoms with Gasteiger partial charge in [0.15, 0.2) is 5.69 Å². The van der Waals surface area contributed by atoms with Crippen LogP contribution in [0.5, 0.6) is 5.75 Å². The number of benzene rings is 1. The second-order valence-corrected chi connectivity index (χ2v) is 7.27. The lowest BCUT2D eigenvalue weighted by atomic mass is 10.1. The van der Waals surface area contributed by atoms with Crippen LogP contribution in [-0.2, 0) is 23.0 Å². The van der Waals surface area contributed by atoms with Crippen molar-refractivity contribution < 1.29 is 23.1 Å². The Labute approximate surface area is 139 Å². The molecule has 2 heterocycles. The first-order valence-corrected chi connectivity index (χ1v) is 8.90. The normalized spacial score (nSPS) is 15.0. The highest BCUT2D eigenvalue weighted by atomic mass is 32.2. The van der Waals surface area contributed by atoms with Crippen molar-refractivity contribution >= 4 is 16.0 Å². The second kappa shape index (κ2) is 6.25. The fourth-order valence-corrected chi connectivity index (χ4v) is 4.11. The van der Waals surface area contributed by atoms with Gasteiger partial charge in [-0.2, -0.15) is 9.40 Å². The molecule has 0 atom stereocenters. The molecule has 2 N–H and O–H groups in total. The van der Waals surface area contributed by atoms with E-state index in [0.717, 1.165) is 0 Å². The Balaban J connectivity index is 1.84. The van der Waals surface area contributed by atoms with Crippen LogP contribution in [0.25, 0.3) is 0 Å². The third-order valence-corrected chi connectivity index (χ3v) is 5.73. The minimum Gasteiger partial charge on any atom is -0.494 e. The van der Waals surface area contributed by atoms with E-state index < -0.39 is 16.0 Å². The highest BCUT2D eigenvalue weighted by Crippen LogP contribution is 2.26. The van der Waals surface area contributed by atoms with Crippen LogP contribution in [0.15, 0.2) is 29.2 Å². The van der Waals surface area contributed by atoms with E-state index in [9.17, 15) is 13.2 Å². The third-order valence-electron chi connectivity index (χ3n) is 3.87. The van der Waals surface area contributed by atoms with Gasteiger partial charge in [-0.1, -0.05) is 0 Å². The van der Waals surface area contributed by atoms with Gasteiger partial charge in [-0.25, -0.2) is 13.2 Å². The fourth-order valence-electron chi connectivity index (χ4n) is 2.70. The number of fused-ring (bicyclic) bond motifs is 1. The standard InChI is InChI=1S/C15H17N3O5S/c1-2-23-10-3-5-11(6-4-10)24(21,22)18-8-7-12-13(9-18)16-17-14(12)15(19)20/h3-6H,2,7-9H2,1H3,(H,16,17)(H,19,20). The summed E-state index contributed by atoms with van der Waals surface area (Å²) in [4.78, 5) is 11.3. The molecular formula is C15H17N3O5S. The molecule has 0 saturated heterocycles. The van der Waals surface area contributed by atoms with Crippen molar-refractivity contribution in [3.8, 4) is 5.75 Å². The second-order valence-electron chi connectivity index (χ2n) is 5.33. The number of aromatic carboxylic acids is 1. The first-order chi connectivity index (χ1) is 11.4. The Bertz CT molecular complexity index is 858. The predicted molar refractivity (Wildman–Crippen MR) is 84.5 cm³/mol. The van der Waals surface area contributed by atoms with Crippen molar-refractivity contribution in [3.05, 3.63) is 41.2 Å². The lowest BCUT2D eigenvalue weighted by molar-refractivity contribution is 0.0689. The number of carboxylic acid groups (broad SMARTS) is 1. The summed E-state index contributed by atoms with van der Waals surface area (Å²) in [5, 5.41) is 15.5. The minimum absolute atomic E-state index is 0.0388. The topological polar surface area (TPSA) is 113 Å². The SMILES string of the molecule is CCOc1ccc(S(=O)(=O)N2CCc3c(C(=O)O)n[nH]c3C2)cc1. The van der Waals surface area contributed by atoms with Crippen LogP contribution < -0.4 is 4.74 Å². The van der Waals surface area contributed by atoms with Crippen molar-refractivity contribution in [2.24, 2.45) is 0 Å². The number of hydrogen-bond acceptors (Lipinski definition) is 5. The molecule has 1 aliphatic rings. The van der Waals surface area contributed by atoms with E-state index in [-0.39, 0.29) is 23.7 Å². The number of rotatable bonds is 5. The Morgan fingerprint density at radius 2 is 2.08 bits per heavy atom. The number of hydrogen-bond donors (Lipinski definition) is 2. The molecule has 24 heavy (non-hydrogen) atoms. The van der Waals surface area contributed by atoms with Gasteiger partial charge in [0.2, 0.25) is 10.0 Å². The average Bonchev–Trinajstić information content (AvgIpc) is 2.99. The lowest BCUT2D eigenvalue weighted by Gasteiger charge is -2.26. The molecule has 1 aromatic carbocycles. The monoisotopic (exact) mass is 351 g/mol. The smallest absolute Gasteiger partial charge is 0.356 e. The maximum atomic E-state index is 12.7. The van der Waals surface area contributed by atoms with Crippen LogP contribution in [-0.4, -0.2) is 47.1 Å². The molecule has 1 aliphatic heterocycles. The van der Waals surface area contributed by atoms with E-state index in [4.69, 9.17) is 9.84 Å². The summed E-state index contributed by atoms with van der Waals surface area (Å²) in [5.74, 6) is -0.507. The van der Waals surface area contributed by atoms with E-state index in [1.54, 1.807) is 12.1 Å². The summed E-state index contributed by atoms with van der Waals surface area (Å²) in [6, 6.07) is 6.24. The molecule has 9 heteroatoms. The van der Waals surface area contributed by atoms with E-state index in [0.29, 0.717) is 30.0 Å². The van der Waals surface area contributed by atoms with Gasteiger partial charge >= 0.3 is 5.97 Å². The lowest BCUT2D eigenvalue weighted by Crippen LogP contribution is -2.36. The largest absolute Gasteiger partial charge is 0.494 e. The molecule has 0 spiro atoms. The summed E-state index contributed by atoms with van der Waals surface area (Å²) in [5.41, 5.74) is 1.05. The van der Waals surface area contributed by atoms with Gasteiger partial charge < -0.3 is 9.84 Å². The summed E-state index contributed by atoms with van der Waals surface area (Å²) in [6.07, 6.45) is 0.309. The number of ether oxygens (including phenoxy) is 1. The maximum Gasteiger partial charge on any atom is 0.356 e. The number of nitrogens with zero attached hydrogens (tertiary/aromatic N) is 2. The zero-order valence-electron chi connectivity index (χ0n) is 13.0. The number of carbonyl (C=O) groups is 1. The Morgan fingerprint density at radius 3 is 2.71 bits per heavy atom. The van der Waals surface area contributed by atoms with Crippen LogP contribution in [0.3, 0.4) is 0 Å². The summed E-state index contributed by atoms with van der Waals surface area (Å²) >= 11 is 0. The Kier molecular flexibility index (Phi) is 4.29. The first kappa shape index (κ1) is 16.5. The molecule has 0 amide bonds. The van der Waals surface area contributed by atoms with Gasteiger partial charge in [0, 0.05) is 12.1 Å². The Hall–Kier alpha value is -2.39. The molecule has 3 rings (SSSR count). The number of aromatic nitrogens is 2. The van der Waals surface area contributed by atoms with E-state index >= 15 is 0 Å².